The molecule has 0 aromatic heterocycles. The highest BCUT2D eigenvalue weighted by Crippen LogP contribution is 2.30. The van der Waals surface area contributed by atoms with Gasteiger partial charge < -0.3 is 10.8 Å². The molecule has 15 heavy (non-hydrogen) atoms. The van der Waals surface area contributed by atoms with Crippen LogP contribution in [0.25, 0.3) is 0 Å². The summed E-state index contributed by atoms with van der Waals surface area (Å²) in [6, 6.07) is 0.174. The predicted octanol–water partition coefficient (Wildman–Crippen LogP) is 0.444. The first-order valence-corrected chi connectivity index (χ1v) is 7.37. The van der Waals surface area contributed by atoms with E-state index in [0.29, 0.717) is 19.3 Å². The molecule has 0 unspecified atom stereocenters. The van der Waals surface area contributed by atoms with Crippen LogP contribution in [-0.2, 0) is 9.84 Å². The molecule has 0 atom stereocenters. The van der Waals surface area contributed by atoms with Crippen LogP contribution in [0.15, 0.2) is 0 Å². The van der Waals surface area contributed by atoms with E-state index in [1.165, 1.54) is 0 Å². The molecule has 0 amide bonds. The van der Waals surface area contributed by atoms with Crippen molar-refractivity contribution in [1.29, 1.82) is 0 Å². The average Bonchev–Trinajstić information content (AvgIpc) is 2.21. The van der Waals surface area contributed by atoms with Crippen molar-refractivity contribution in [1.82, 2.24) is 0 Å². The van der Waals surface area contributed by atoms with Crippen LogP contribution in [0.3, 0.4) is 0 Å². The molecule has 1 saturated carbocycles. The number of hydrogen-bond donors (Lipinski definition) is 2. The Balaban J connectivity index is 2.44. The van der Waals surface area contributed by atoms with E-state index in [1.807, 2.05) is 0 Å². The summed E-state index contributed by atoms with van der Waals surface area (Å²) in [5, 5.41) is 10.1. The lowest BCUT2D eigenvalue weighted by Gasteiger charge is -2.34. The minimum absolute atomic E-state index is 0.0925. The highest BCUT2D eigenvalue weighted by Gasteiger charge is 2.32. The molecule has 0 heterocycles. The van der Waals surface area contributed by atoms with Gasteiger partial charge in [-0.2, -0.15) is 0 Å². The summed E-state index contributed by atoms with van der Waals surface area (Å²) in [7, 11) is -2.96. The Bertz CT molecular complexity index is 292. The summed E-state index contributed by atoms with van der Waals surface area (Å²) in [6.45, 7) is 1.64. The molecule has 5 heteroatoms. The summed E-state index contributed by atoms with van der Waals surface area (Å²) in [5.74, 6) is 0.248. The van der Waals surface area contributed by atoms with Crippen molar-refractivity contribution in [3.63, 3.8) is 0 Å². The van der Waals surface area contributed by atoms with E-state index in [1.54, 1.807) is 6.92 Å². The Morgan fingerprint density at radius 1 is 1.40 bits per heavy atom. The van der Waals surface area contributed by atoms with E-state index in [-0.39, 0.29) is 17.5 Å². The molecule has 90 valence electrons. The fourth-order valence-corrected chi connectivity index (χ4v) is 2.90. The van der Waals surface area contributed by atoms with Gasteiger partial charge in [-0.05, 0) is 32.1 Å². The van der Waals surface area contributed by atoms with E-state index in [4.69, 9.17) is 5.73 Å². The zero-order valence-electron chi connectivity index (χ0n) is 9.28. The molecule has 1 rings (SSSR count). The molecule has 0 radical (unpaired) electrons. The molecule has 3 N–H and O–H groups in total. The Morgan fingerprint density at radius 2 is 1.93 bits per heavy atom. The SMILES string of the molecule is CCS(=O)(=O)CCC1(O)CCC(N)CC1. The van der Waals surface area contributed by atoms with Gasteiger partial charge in [0, 0.05) is 11.8 Å². The quantitative estimate of drug-likeness (QED) is 0.741. The molecule has 0 spiro atoms. The van der Waals surface area contributed by atoms with Crippen molar-refractivity contribution >= 4 is 9.84 Å². The summed E-state index contributed by atoms with van der Waals surface area (Å²) in [4.78, 5) is 0. The van der Waals surface area contributed by atoms with Crippen LogP contribution in [0.1, 0.15) is 39.0 Å². The number of hydrogen-bond acceptors (Lipinski definition) is 4. The molecule has 0 aliphatic heterocycles. The Labute approximate surface area is 91.8 Å². The van der Waals surface area contributed by atoms with Crippen molar-refractivity contribution in [3.05, 3.63) is 0 Å². The Hall–Kier alpha value is -0.130. The van der Waals surface area contributed by atoms with E-state index in [9.17, 15) is 13.5 Å². The fraction of sp³-hybridized carbons (Fsp3) is 1.00. The van der Waals surface area contributed by atoms with Crippen LogP contribution in [0.2, 0.25) is 0 Å². The van der Waals surface area contributed by atoms with Crippen molar-refractivity contribution in [2.75, 3.05) is 11.5 Å². The molecular weight excluding hydrogens is 214 g/mol. The molecule has 0 aromatic carbocycles. The van der Waals surface area contributed by atoms with Gasteiger partial charge in [-0.3, -0.25) is 0 Å². The van der Waals surface area contributed by atoms with Crippen LogP contribution in [0, 0.1) is 0 Å². The zero-order chi connectivity index (χ0) is 11.5. The lowest BCUT2D eigenvalue weighted by Crippen LogP contribution is -2.40. The first-order chi connectivity index (χ1) is 6.87. The van der Waals surface area contributed by atoms with Gasteiger partial charge in [0.05, 0.1) is 11.4 Å². The van der Waals surface area contributed by atoms with Crippen molar-refractivity contribution < 1.29 is 13.5 Å². The second kappa shape index (κ2) is 4.80. The summed E-state index contributed by atoms with van der Waals surface area (Å²) in [5.41, 5.74) is 4.94. The highest BCUT2D eigenvalue weighted by atomic mass is 32.2. The van der Waals surface area contributed by atoms with E-state index < -0.39 is 15.4 Å². The largest absolute Gasteiger partial charge is 0.390 e. The molecule has 4 nitrogen and oxygen atoms in total. The fourth-order valence-electron chi connectivity index (χ4n) is 1.92. The number of sulfone groups is 1. The second-order valence-corrected chi connectivity index (χ2v) is 7.02. The Kier molecular flexibility index (Phi) is 4.14. The van der Waals surface area contributed by atoms with E-state index >= 15 is 0 Å². The van der Waals surface area contributed by atoms with Crippen molar-refractivity contribution in [2.24, 2.45) is 5.73 Å². The topological polar surface area (TPSA) is 80.4 Å². The monoisotopic (exact) mass is 235 g/mol. The van der Waals surface area contributed by atoms with Crippen molar-refractivity contribution in [3.8, 4) is 0 Å². The van der Waals surface area contributed by atoms with Gasteiger partial charge in [0.1, 0.15) is 9.84 Å². The molecule has 0 bridgehead atoms. The molecule has 1 aliphatic carbocycles. The maximum atomic E-state index is 11.3. The molecule has 0 aromatic rings. The predicted molar refractivity (Wildman–Crippen MR) is 60.3 cm³/mol. The smallest absolute Gasteiger partial charge is 0.150 e. The normalized spacial score (nSPS) is 32.9. The Morgan fingerprint density at radius 3 is 2.40 bits per heavy atom. The highest BCUT2D eigenvalue weighted by molar-refractivity contribution is 7.91. The van der Waals surface area contributed by atoms with E-state index in [2.05, 4.69) is 0 Å². The van der Waals surface area contributed by atoms with Gasteiger partial charge in [0.25, 0.3) is 0 Å². The van der Waals surface area contributed by atoms with Crippen LogP contribution in [0.4, 0.5) is 0 Å². The van der Waals surface area contributed by atoms with Gasteiger partial charge >= 0.3 is 0 Å². The number of nitrogens with two attached hydrogens (primary N) is 1. The average molecular weight is 235 g/mol. The van der Waals surface area contributed by atoms with Gasteiger partial charge in [-0.1, -0.05) is 6.92 Å². The van der Waals surface area contributed by atoms with Crippen LogP contribution >= 0.6 is 0 Å². The third-order valence-corrected chi connectivity index (χ3v) is 4.99. The van der Waals surface area contributed by atoms with E-state index in [0.717, 1.165) is 12.8 Å². The maximum absolute atomic E-state index is 11.3. The van der Waals surface area contributed by atoms with Gasteiger partial charge in [0.2, 0.25) is 0 Å². The van der Waals surface area contributed by atoms with Crippen LogP contribution < -0.4 is 5.73 Å². The number of rotatable bonds is 4. The molecule has 1 aliphatic rings. The second-order valence-electron chi connectivity index (χ2n) is 4.55. The van der Waals surface area contributed by atoms with Crippen LogP contribution in [-0.4, -0.2) is 36.7 Å². The standard InChI is InChI=1S/C10H21NO3S/c1-2-15(13,14)8-7-10(12)5-3-9(11)4-6-10/h9,12H,2-8,11H2,1H3. The van der Waals surface area contributed by atoms with Crippen molar-refractivity contribution in [2.45, 2.75) is 50.7 Å². The third-order valence-electron chi connectivity index (χ3n) is 3.28. The van der Waals surface area contributed by atoms with Gasteiger partial charge in [-0.25, -0.2) is 8.42 Å². The zero-order valence-corrected chi connectivity index (χ0v) is 10.1. The number of aliphatic hydroxyl groups is 1. The first-order valence-electron chi connectivity index (χ1n) is 5.55. The summed E-state index contributed by atoms with van der Waals surface area (Å²) < 4.78 is 22.6. The van der Waals surface area contributed by atoms with Gasteiger partial charge in [0.15, 0.2) is 0 Å². The summed E-state index contributed by atoms with van der Waals surface area (Å²) >= 11 is 0. The third kappa shape index (κ3) is 4.09. The first kappa shape index (κ1) is 12.9. The minimum Gasteiger partial charge on any atom is -0.390 e. The summed E-state index contributed by atoms with van der Waals surface area (Å²) in [6.07, 6.45) is 3.21. The lowest BCUT2D eigenvalue weighted by atomic mass is 9.81. The van der Waals surface area contributed by atoms with Gasteiger partial charge in [-0.15, -0.1) is 0 Å². The molecule has 0 saturated heterocycles. The molecular formula is C10H21NO3S. The van der Waals surface area contributed by atoms with Crippen LogP contribution in [0.5, 0.6) is 0 Å². The lowest BCUT2D eigenvalue weighted by molar-refractivity contribution is -0.00282. The minimum atomic E-state index is -2.96. The molecule has 1 fully saturated rings. The maximum Gasteiger partial charge on any atom is 0.150 e.